The summed E-state index contributed by atoms with van der Waals surface area (Å²) in [6.45, 7) is 4.81. The maximum absolute atomic E-state index is 13.8. The molecule has 0 radical (unpaired) electrons. The number of hydrogen-bond donors (Lipinski definition) is 0. The molecule has 11 nitrogen and oxygen atoms in total. The first kappa shape index (κ1) is 32.0. The molecule has 5 aromatic rings. The minimum Gasteiger partial charge on any atom is -0.450 e. The molecule has 1 aromatic heterocycles. The lowest BCUT2D eigenvalue weighted by atomic mass is 10.2. The molecule has 1 aliphatic rings. The highest BCUT2D eigenvalue weighted by atomic mass is 32.2. The third kappa shape index (κ3) is 6.88. The fraction of sp³-hybridized carbons (Fsp3) is 0.111. The molecule has 0 atom stereocenters. The van der Waals surface area contributed by atoms with E-state index in [4.69, 9.17) is 9.73 Å². The Hall–Kier alpha value is -6.01. The molecule has 0 bridgehead atoms. The lowest BCUT2D eigenvalue weighted by Crippen LogP contribution is -2.28. The Balaban J connectivity index is 1.25. The van der Waals surface area contributed by atoms with Gasteiger partial charge >= 0.3 is 5.69 Å². The Kier molecular flexibility index (Phi) is 9.17. The van der Waals surface area contributed by atoms with Crippen molar-refractivity contribution in [1.29, 1.82) is 0 Å². The molecule has 1 fully saturated rings. The van der Waals surface area contributed by atoms with Crippen LogP contribution in [0.15, 0.2) is 119 Å². The number of hydrogen-bond acceptors (Lipinski definition) is 8. The monoisotopic (exact) mass is 659 g/mol. The summed E-state index contributed by atoms with van der Waals surface area (Å²) in [4.78, 5) is 42.1. The van der Waals surface area contributed by atoms with E-state index in [-0.39, 0.29) is 11.7 Å². The number of thioether (sulfide) groups is 1. The summed E-state index contributed by atoms with van der Waals surface area (Å²) in [7, 11) is 0. The Labute approximate surface area is 280 Å². The van der Waals surface area contributed by atoms with Gasteiger partial charge in [-0.1, -0.05) is 60.7 Å². The van der Waals surface area contributed by atoms with Crippen molar-refractivity contribution >= 4 is 40.3 Å². The maximum atomic E-state index is 13.8. The van der Waals surface area contributed by atoms with Gasteiger partial charge in [0.25, 0.3) is 11.6 Å². The van der Waals surface area contributed by atoms with E-state index in [0.29, 0.717) is 28.9 Å². The van der Waals surface area contributed by atoms with E-state index in [1.54, 1.807) is 17.0 Å². The highest BCUT2D eigenvalue weighted by Gasteiger charge is 2.33. The Bertz CT molecular complexity index is 2080. The number of amidine groups is 1. The van der Waals surface area contributed by atoms with Crippen molar-refractivity contribution in [3.05, 3.63) is 162 Å². The van der Waals surface area contributed by atoms with E-state index < -0.39 is 21.2 Å². The molecule has 0 aliphatic carbocycles. The van der Waals surface area contributed by atoms with Crippen LogP contribution in [0.4, 0.5) is 11.4 Å². The van der Waals surface area contributed by atoms with Crippen LogP contribution in [-0.2, 0) is 17.9 Å². The van der Waals surface area contributed by atoms with Crippen LogP contribution in [0.3, 0.4) is 0 Å². The summed E-state index contributed by atoms with van der Waals surface area (Å²) in [6.07, 6.45) is 1.90. The molecule has 0 unspecified atom stereocenters. The average Bonchev–Trinajstić information content (AvgIpc) is 3.54. The first-order valence-electron chi connectivity index (χ1n) is 14.9. The number of amides is 1. The SMILES string of the molecule is Cc1cc(/C=C2\SC(=NCc3ccccc3)N(Cc3ccccc3)C2=O)c(C)n1-c1ccc(Oc2ccc([N+](=O)[O-])cc2[N+](=O)[O-])cc1. The molecular weight excluding hydrogens is 630 g/mol. The van der Waals surface area contributed by atoms with Gasteiger partial charge in [-0.3, -0.25) is 34.9 Å². The largest absolute Gasteiger partial charge is 0.450 e. The molecule has 0 spiro atoms. The van der Waals surface area contributed by atoms with Gasteiger partial charge in [0.2, 0.25) is 5.75 Å². The number of nitrogens with zero attached hydrogens (tertiary/aromatic N) is 5. The van der Waals surface area contributed by atoms with Gasteiger partial charge in [0.1, 0.15) is 5.75 Å². The van der Waals surface area contributed by atoms with Gasteiger partial charge in [-0.25, -0.2) is 0 Å². The number of carbonyl (C=O) groups excluding carboxylic acids is 1. The van der Waals surface area contributed by atoms with E-state index in [1.165, 1.54) is 17.8 Å². The third-order valence-corrected chi connectivity index (χ3v) is 8.79. The van der Waals surface area contributed by atoms with Crippen molar-refractivity contribution in [1.82, 2.24) is 9.47 Å². The van der Waals surface area contributed by atoms with Crippen LogP contribution >= 0.6 is 11.8 Å². The predicted molar refractivity (Wildman–Crippen MR) is 185 cm³/mol. The smallest absolute Gasteiger partial charge is 0.318 e. The van der Waals surface area contributed by atoms with Gasteiger partial charge in [-0.2, -0.15) is 0 Å². The second kappa shape index (κ2) is 13.8. The van der Waals surface area contributed by atoms with Crippen LogP contribution in [-0.4, -0.2) is 30.4 Å². The Morgan fingerprint density at radius 3 is 2.15 bits per heavy atom. The first-order chi connectivity index (χ1) is 23.2. The van der Waals surface area contributed by atoms with Crippen LogP contribution in [0.2, 0.25) is 0 Å². The second-order valence-electron chi connectivity index (χ2n) is 11.0. The highest BCUT2D eigenvalue weighted by molar-refractivity contribution is 8.18. The molecule has 4 aromatic carbocycles. The molecule has 6 rings (SSSR count). The number of non-ortho nitro benzene ring substituents is 1. The maximum Gasteiger partial charge on any atom is 0.318 e. The zero-order chi connectivity index (χ0) is 33.8. The van der Waals surface area contributed by atoms with Crippen molar-refractivity contribution in [3.8, 4) is 17.2 Å². The molecule has 0 N–H and O–H groups in total. The molecule has 12 heteroatoms. The van der Waals surface area contributed by atoms with Gasteiger partial charge in [-0.05, 0) is 84.8 Å². The number of ether oxygens (including phenoxy) is 1. The van der Waals surface area contributed by atoms with Crippen molar-refractivity contribution < 1.29 is 19.4 Å². The highest BCUT2D eigenvalue weighted by Crippen LogP contribution is 2.37. The number of nitro groups is 2. The summed E-state index contributed by atoms with van der Waals surface area (Å²) < 4.78 is 7.78. The topological polar surface area (TPSA) is 133 Å². The molecular formula is C36H29N5O6S. The Morgan fingerprint density at radius 1 is 0.833 bits per heavy atom. The normalized spacial score (nSPS) is 14.5. The third-order valence-electron chi connectivity index (χ3n) is 7.74. The number of benzene rings is 4. The standard InChI is InChI=1S/C36H29N5O6S/c1-24-19-28(20-34-35(42)38(23-27-11-7-4-8-12-27)36(48-34)37-22-26-9-5-3-6-10-26)25(2)39(24)29-13-16-31(17-14-29)47-33-18-15-30(40(43)44)21-32(33)41(45)46/h3-21H,22-23H2,1-2H3/b34-20-,37-36?. The van der Waals surface area contributed by atoms with E-state index in [0.717, 1.165) is 45.9 Å². The molecule has 0 saturated carbocycles. The number of rotatable bonds is 10. The van der Waals surface area contributed by atoms with Crippen LogP contribution in [0, 0.1) is 34.1 Å². The summed E-state index contributed by atoms with van der Waals surface area (Å²) >= 11 is 1.36. The summed E-state index contributed by atoms with van der Waals surface area (Å²) in [5.74, 6) is 0.115. The van der Waals surface area contributed by atoms with Crippen molar-refractivity contribution in [2.24, 2.45) is 4.99 Å². The lowest BCUT2D eigenvalue weighted by molar-refractivity contribution is -0.394. The van der Waals surface area contributed by atoms with E-state index in [9.17, 15) is 25.0 Å². The van der Waals surface area contributed by atoms with Gasteiger partial charge in [-0.15, -0.1) is 0 Å². The lowest BCUT2D eigenvalue weighted by Gasteiger charge is -2.15. The second-order valence-corrected chi connectivity index (χ2v) is 12.0. The summed E-state index contributed by atoms with van der Waals surface area (Å²) in [5, 5.41) is 23.2. The quantitative estimate of drug-likeness (QED) is 0.0835. The number of nitro benzene ring substituents is 2. The van der Waals surface area contributed by atoms with Crippen molar-refractivity contribution in [2.75, 3.05) is 0 Å². The molecule has 1 amide bonds. The zero-order valence-electron chi connectivity index (χ0n) is 26.0. The van der Waals surface area contributed by atoms with Crippen LogP contribution in [0.1, 0.15) is 28.1 Å². The van der Waals surface area contributed by atoms with E-state index in [2.05, 4.69) is 0 Å². The molecule has 2 heterocycles. The van der Waals surface area contributed by atoms with Gasteiger partial charge in [0.15, 0.2) is 5.17 Å². The predicted octanol–water partition coefficient (Wildman–Crippen LogP) is 8.38. The van der Waals surface area contributed by atoms with E-state index >= 15 is 0 Å². The number of carbonyl (C=O) groups is 1. The fourth-order valence-electron chi connectivity index (χ4n) is 5.38. The summed E-state index contributed by atoms with van der Waals surface area (Å²) in [6, 6.07) is 32.0. The molecule has 1 aliphatic heterocycles. The number of aromatic nitrogens is 1. The molecule has 240 valence electrons. The minimum atomic E-state index is -0.717. The van der Waals surface area contributed by atoms with Crippen LogP contribution in [0.5, 0.6) is 11.5 Å². The average molecular weight is 660 g/mol. The van der Waals surface area contributed by atoms with Crippen molar-refractivity contribution in [2.45, 2.75) is 26.9 Å². The van der Waals surface area contributed by atoms with Crippen LogP contribution < -0.4 is 4.74 Å². The van der Waals surface area contributed by atoms with Gasteiger partial charge in [0.05, 0.1) is 33.9 Å². The fourth-order valence-corrected chi connectivity index (χ4v) is 6.35. The molecule has 1 saturated heterocycles. The van der Waals surface area contributed by atoms with Gasteiger partial charge < -0.3 is 9.30 Å². The zero-order valence-corrected chi connectivity index (χ0v) is 26.8. The number of aliphatic imine (C=N–C) groups is 1. The molecule has 48 heavy (non-hydrogen) atoms. The Morgan fingerprint density at radius 2 is 1.50 bits per heavy atom. The minimum absolute atomic E-state index is 0.104. The number of aryl methyl sites for hydroxylation is 1. The van der Waals surface area contributed by atoms with Crippen LogP contribution in [0.25, 0.3) is 11.8 Å². The van der Waals surface area contributed by atoms with Crippen molar-refractivity contribution in [3.63, 3.8) is 0 Å². The first-order valence-corrected chi connectivity index (χ1v) is 15.7. The van der Waals surface area contributed by atoms with E-state index in [1.807, 2.05) is 103 Å². The van der Waals surface area contributed by atoms with Gasteiger partial charge in [0, 0.05) is 23.1 Å². The summed E-state index contributed by atoms with van der Waals surface area (Å²) in [5.41, 5.74) is 4.72.